The Labute approximate surface area is 99.5 Å². The third kappa shape index (κ3) is 2.06. The first kappa shape index (κ1) is 11.4. The van der Waals surface area contributed by atoms with Crippen LogP contribution in [0.25, 0.3) is 0 Å². The maximum Gasteiger partial charge on any atom is 0.339 e. The van der Waals surface area contributed by atoms with E-state index in [1.165, 1.54) is 6.20 Å². The lowest BCUT2D eigenvalue weighted by molar-refractivity contribution is 0.0696. The predicted octanol–water partition coefficient (Wildman–Crippen LogP) is 2.50. The highest BCUT2D eigenvalue weighted by Gasteiger charge is 2.17. The number of nitrogens with zero attached hydrogens (tertiary/aromatic N) is 2. The zero-order valence-electron chi connectivity index (χ0n) is 9.79. The standard InChI is InChI=1S/C13H14N2O2/c1-9(11-6-4-3-5-7-11)15-10(2)12(8-14-15)13(16)17/h3-9H,1-2H3,(H,16,17). The minimum atomic E-state index is -0.936. The predicted molar refractivity (Wildman–Crippen MR) is 64.2 cm³/mol. The van der Waals surface area contributed by atoms with Crippen molar-refractivity contribution in [1.82, 2.24) is 9.78 Å². The van der Waals surface area contributed by atoms with Gasteiger partial charge in [0.1, 0.15) is 5.56 Å². The Morgan fingerprint density at radius 3 is 2.53 bits per heavy atom. The molecule has 1 unspecified atom stereocenters. The van der Waals surface area contributed by atoms with E-state index >= 15 is 0 Å². The van der Waals surface area contributed by atoms with Crippen molar-refractivity contribution in [3.8, 4) is 0 Å². The van der Waals surface area contributed by atoms with Gasteiger partial charge in [0.05, 0.1) is 17.9 Å². The summed E-state index contributed by atoms with van der Waals surface area (Å²) in [6.07, 6.45) is 1.40. The van der Waals surface area contributed by atoms with Gasteiger partial charge in [-0.2, -0.15) is 5.10 Å². The third-order valence-corrected chi connectivity index (χ3v) is 2.92. The van der Waals surface area contributed by atoms with E-state index < -0.39 is 5.97 Å². The molecule has 1 atom stereocenters. The Morgan fingerprint density at radius 1 is 1.35 bits per heavy atom. The van der Waals surface area contributed by atoms with Crippen molar-refractivity contribution in [3.63, 3.8) is 0 Å². The van der Waals surface area contributed by atoms with E-state index in [2.05, 4.69) is 5.10 Å². The largest absolute Gasteiger partial charge is 0.478 e. The average molecular weight is 230 g/mol. The van der Waals surface area contributed by atoms with Crippen molar-refractivity contribution in [1.29, 1.82) is 0 Å². The monoisotopic (exact) mass is 230 g/mol. The van der Waals surface area contributed by atoms with Crippen LogP contribution in [0.15, 0.2) is 36.5 Å². The van der Waals surface area contributed by atoms with E-state index in [0.29, 0.717) is 5.69 Å². The van der Waals surface area contributed by atoms with E-state index in [0.717, 1.165) is 5.56 Å². The van der Waals surface area contributed by atoms with Gasteiger partial charge in [-0.3, -0.25) is 4.68 Å². The van der Waals surface area contributed by atoms with Gasteiger partial charge in [0, 0.05) is 0 Å². The van der Waals surface area contributed by atoms with E-state index in [1.807, 2.05) is 37.3 Å². The number of hydrogen-bond acceptors (Lipinski definition) is 2. The van der Waals surface area contributed by atoms with Crippen LogP contribution in [0.3, 0.4) is 0 Å². The Bertz CT molecular complexity index is 532. The summed E-state index contributed by atoms with van der Waals surface area (Å²) in [4.78, 5) is 10.9. The molecule has 0 saturated carbocycles. The second-order valence-corrected chi connectivity index (χ2v) is 3.98. The zero-order chi connectivity index (χ0) is 12.4. The maximum absolute atomic E-state index is 10.9. The first-order valence-electron chi connectivity index (χ1n) is 5.43. The number of carboxylic acids is 1. The fourth-order valence-corrected chi connectivity index (χ4v) is 1.90. The molecule has 1 aromatic heterocycles. The highest BCUT2D eigenvalue weighted by atomic mass is 16.4. The average Bonchev–Trinajstić information content (AvgIpc) is 2.71. The van der Waals surface area contributed by atoms with Gasteiger partial charge in [-0.25, -0.2) is 4.79 Å². The number of rotatable bonds is 3. The van der Waals surface area contributed by atoms with Gasteiger partial charge < -0.3 is 5.11 Å². The van der Waals surface area contributed by atoms with E-state index in [-0.39, 0.29) is 11.6 Å². The molecule has 4 nitrogen and oxygen atoms in total. The highest BCUT2D eigenvalue weighted by Crippen LogP contribution is 2.20. The smallest absolute Gasteiger partial charge is 0.339 e. The first-order chi connectivity index (χ1) is 8.11. The molecule has 0 bridgehead atoms. The molecule has 4 heteroatoms. The van der Waals surface area contributed by atoms with Crippen molar-refractivity contribution in [2.24, 2.45) is 0 Å². The summed E-state index contributed by atoms with van der Waals surface area (Å²) in [6, 6.07) is 9.92. The van der Waals surface area contributed by atoms with Crippen LogP contribution in [0.2, 0.25) is 0 Å². The molecular weight excluding hydrogens is 216 g/mol. The molecule has 0 radical (unpaired) electrons. The topological polar surface area (TPSA) is 55.1 Å². The molecule has 0 spiro atoms. The van der Waals surface area contributed by atoms with Crippen LogP contribution in [0.5, 0.6) is 0 Å². The lowest BCUT2D eigenvalue weighted by Crippen LogP contribution is -2.11. The molecule has 1 heterocycles. The Morgan fingerprint density at radius 2 is 2.00 bits per heavy atom. The second-order valence-electron chi connectivity index (χ2n) is 3.98. The zero-order valence-corrected chi connectivity index (χ0v) is 9.79. The van der Waals surface area contributed by atoms with Crippen LogP contribution >= 0.6 is 0 Å². The molecule has 0 aliphatic rings. The van der Waals surface area contributed by atoms with Crippen molar-refractivity contribution in [2.45, 2.75) is 19.9 Å². The molecule has 0 aliphatic carbocycles. The molecule has 1 aromatic carbocycles. The minimum absolute atomic E-state index is 0.0318. The Hall–Kier alpha value is -2.10. The minimum Gasteiger partial charge on any atom is -0.478 e. The number of aromatic carboxylic acids is 1. The van der Waals surface area contributed by atoms with Gasteiger partial charge >= 0.3 is 5.97 Å². The van der Waals surface area contributed by atoms with Crippen molar-refractivity contribution < 1.29 is 9.90 Å². The van der Waals surface area contributed by atoms with Crippen molar-refractivity contribution in [3.05, 3.63) is 53.3 Å². The third-order valence-electron chi connectivity index (χ3n) is 2.92. The molecule has 0 aliphatic heterocycles. The van der Waals surface area contributed by atoms with Gasteiger partial charge in [-0.1, -0.05) is 30.3 Å². The second kappa shape index (κ2) is 4.41. The summed E-state index contributed by atoms with van der Waals surface area (Å²) in [5, 5.41) is 13.1. The molecule has 0 amide bonds. The van der Waals surface area contributed by atoms with Crippen LogP contribution < -0.4 is 0 Å². The number of aromatic nitrogens is 2. The Balaban J connectivity index is 2.39. The van der Waals surface area contributed by atoms with Gasteiger partial charge in [0.2, 0.25) is 0 Å². The summed E-state index contributed by atoms with van der Waals surface area (Å²) < 4.78 is 1.73. The van der Waals surface area contributed by atoms with E-state index in [1.54, 1.807) is 11.6 Å². The van der Waals surface area contributed by atoms with E-state index in [4.69, 9.17) is 5.11 Å². The van der Waals surface area contributed by atoms with Crippen LogP contribution in [0, 0.1) is 6.92 Å². The molecule has 88 valence electrons. The molecule has 2 aromatic rings. The number of benzene rings is 1. The van der Waals surface area contributed by atoms with Gasteiger partial charge in [-0.15, -0.1) is 0 Å². The molecule has 2 rings (SSSR count). The molecular formula is C13H14N2O2. The van der Waals surface area contributed by atoms with Crippen molar-refractivity contribution in [2.75, 3.05) is 0 Å². The highest BCUT2D eigenvalue weighted by molar-refractivity contribution is 5.88. The number of carbonyl (C=O) groups is 1. The first-order valence-corrected chi connectivity index (χ1v) is 5.43. The summed E-state index contributed by atoms with van der Waals surface area (Å²) >= 11 is 0. The SMILES string of the molecule is Cc1c(C(=O)O)cnn1C(C)c1ccccc1. The van der Waals surface area contributed by atoms with Gasteiger partial charge in [0.15, 0.2) is 0 Å². The Kier molecular flexibility index (Phi) is 2.95. The van der Waals surface area contributed by atoms with Gasteiger partial charge in [0.25, 0.3) is 0 Å². The number of hydrogen-bond donors (Lipinski definition) is 1. The summed E-state index contributed by atoms with van der Waals surface area (Å²) in [5.41, 5.74) is 2.04. The van der Waals surface area contributed by atoms with Crippen LogP contribution in [0.4, 0.5) is 0 Å². The normalized spacial score (nSPS) is 12.4. The fourth-order valence-electron chi connectivity index (χ4n) is 1.90. The fraction of sp³-hybridized carbons (Fsp3) is 0.231. The summed E-state index contributed by atoms with van der Waals surface area (Å²) in [7, 11) is 0. The van der Waals surface area contributed by atoms with Crippen molar-refractivity contribution >= 4 is 5.97 Å². The van der Waals surface area contributed by atoms with Crippen LogP contribution in [0.1, 0.15) is 34.6 Å². The summed E-state index contributed by atoms with van der Waals surface area (Å²) in [6.45, 7) is 3.77. The van der Waals surface area contributed by atoms with E-state index in [9.17, 15) is 4.79 Å². The van der Waals surface area contributed by atoms with Crippen LogP contribution in [-0.4, -0.2) is 20.9 Å². The molecule has 1 N–H and O–H groups in total. The summed E-state index contributed by atoms with van der Waals surface area (Å²) in [5.74, 6) is -0.936. The quantitative estimate of drug-likeness (QED) is 0.881. The lowest BCUT2D eigenvalue weighted by atomic mass is 10.1. The molecule has 17 heavy (non-hydrogen) atoms. The van der Waals surface area contributed by atoms with Gasteiger partial charge in [-0.05, 0) is 19.4 Å². The molecule has 0 fully saturated rings. The molecule has 0 saturated heterocycles. The number of carboxylic acid groups (broad SMARTS) is 1. The lowest BCUT2D eigenvalue weighted by Gasteiger charge is -2.14. The maximum atomic E-state index is 10.9. The van der Waals surface area contributed by atoms with Crippen LogP contribution in [-0.2, 0) is 0 Å².